The molecule has 0 radical (unpaired) electrons. The molecule has 4 aromatic rings. The summed E-state index contributed by atoms with van der Waals surface area (Å²) >= 11 is 0. The van der Waals surface area contributed by atoms with Crippen LogP contribution in [0.4, 0.5) is 14.5 Å². The lowest BCUT2D eigenvalue weighted by molar-refractivity contribution is 0.343. The number of nitrogens with zero attached hydrogens (tertiary/aromatic N) is 5. The summed E-state index contributed by atoms with van der Waals surface area (Å²) in [5.41, 5.74) is 1.53. The number of ether oxygens (including phenoxy) is 1. The van der Waals surface area contributed by atoms with E-state index in [1.54, 1.807) is 47.4 Å². The summed E-state index contributed by atoms with van der Waals surface area (Å²) in [7, 11) is -4.13. The molecule has 9 nitrogen and oxygen atoms in total. The molecule has 1 fully saturated rings. The van der Waals surface area contributed by atoms with E-state index in [-0.39, 0.29) is 36.5 Å². The number of rotatable bonds is 5. The van der Waals surface area contributed by atoms with Crippen molar-refractivity contribution in [2.75, 3.05) is 17.8 Å². The summed E-state index contributed by atoms with van der Waals surface area (Å²) in [6.07, 6.45) is 3.72. The lowest BCUT2D eigenvalue weighted by Gasteiger charge is -2.18. The maximum absolute atomic E-state index is 14.7. The zero-order chi connectivity index (χ0) is 23.2. The van der Waals surface area contributed by atoms with Gasteiger partial charge in [-0.3, -0.25) is 14.1 Å². The average Bonchev–Trinajstić information content (AvgIpc) is 3.45. The quantitative estimate of drug-likeness (QED) is 0.479. The molecule has 2 aromatic carbocycles. The number of benzene rings is 2. The Hall–Kier alpha value is -3.82. The Morgan fingerprint density at radius 1 is 1.24 bits per heavy atom. The van der Waals surface area contributed by atoms with Crippen molar-refractivity contribution >= 4 is 32.4 Å². The molecule has 12 heteroatoms. The number of alkyl halides is 1. The second kappa shape index (κ2) is 7.95. The van der Waals surface area contributed by atoms with E-state index in [4.69, 9.17) is 4.74 Å². The van der Waals surface area contributed by atoms with E-state index < -0.39 is 27.9 Å². The number of hydrogen-bond donors (Lipinski definition) is 1. The third-order valence-corrected chi connectivity index (χ3v) is 6.81. The monoisotopic (exact) mass is 470 g/mol. The minimum absolute atomic E-state index is 0.0107. The molecule has 1 atom stereocenters. The molecule has 1 N–H and O–H groups in total. The largest absolute Gasteiger partial charge is 0.453 e. The van der Waals surface area contributed by atoms with E-state index in [0.29, 0.717) is 11.0 Å². The number of fused-ring (bicyclic) bond motifs is 3. The smallest absolute Gasteiger partial charge is 0.301 e. The average molecular weight is 470 g/mol. The predicted octanol–water partition coefficient (Wildman–Crippen LogP) is 3.39. The van der Waals surface area contributed by atoms with Crippen molar-refractivity contribution in [1.29, 1.82) is 5.26 Å². The van der Waals surface area contributed by atoms with Gasteiger partial charge in [0.1, 0.15) is 23.6 Å². The Bertz CT molecular complexity index is 1530. The van der Waals surface area contributed by atoms with Gasteiger partial charge in [-0.2, -0.15) is 18.0 Å². The zero-order valence-electron chi connectivity index (χ0n) is 16.9. The number of halogens is 2. The normalized spacial score (nSPS) is 16.8. The predicted molar refractivity (Wildman–Crippen MR) is 115 cm³/mol. The van der Waals surface area contributed by atoms with E-state index in [1.807, 2.05) is 0 Å². The van der Waals surface area contributed by atoms with Crippen LogP contribution in [-0.4, -0.2) is 46.4 Å². The molecule has 0 saturated carbocycles. The van der Waals surface area contributed by atoms with Gasteiger partial charge < -0.3 is 4.74 Å². The van der Waals surface area contributed by atoms with Gasteiger partial charge >= 0.3 is 10.2 Å². The number of nitriles is 1. The zero-order valence-corrected chi connectivity index (χ0v) is 17.8. The molecule has 1 aliphatic heterocycles. The summed E-state index contributed by atoms with van der Waals surface area (Å²) in [4.78, 5) is 8.40. The van der Waals surface area contributed by atoms with E-state index in [0.717, 1.165) is 22.0 Å². The number of aromatic nitrogens is 3. The Morgan fingerprint density at radius 3 is 2.85 bits per heavy atom. The van der Waals surface area contributed by atoms with Crippen molar-refractivity contribution < 1.29 is 21.9 Å². The summed E-state index contributed by atoms with van der Waals surface area (Å²) in [6, 6.07) is 8.75. The van der Waals surface area contributed by atoms with Gasteiger partial charge in [0.2, 0.25) is 0 Å². The number of nitrogens with one attached hydrogen (secondary N) is 1. The van der Waals surface area contributed by atoms with Crippen molar-refractivity contribution in [3.05, 3.63) is 60.4 Å². The highest BCUT2D eigenvalue weighted by Gasteiger charge is 2.32. The number of imidazole rings is 1. The van der Waals surface area contributed by atoms with Crippen molar-refractivity contribution in [3.8, 4) is 17.6 Å². The molecule has 0 amide bonds. The van der Waals surface area contributed by atoms with Crippen LogP contribution in [0.15, 0.2) is 49.1 Å². The van der Waals surface area contributed by atoms with Gasteiger partial charge in [0.15, 0.2) is 11.6 Å². The third-order valence-electron chi connectivity index (χ3n) is 5.32. The molecule has 5 rings (SSSR count). The van der Waals surface area contributed by atoms with Gasteiger partial charge in [-0.25, -0.2) is 13.8 Å². The highest BCUT2D eigenvalue weighted by atomic mass is 32.2. The fourth-order valence-corrected chi connectivity index (χ4v) is 4.97. The second-order valence-corrected chi connectivity index (χ2v) is 9.13. The van der Waals surface area contributed by atoms with Crippen LogP contribution in [-0.2, 0) is 10.2 Å². The van der Waals surface area contributed by atoms with Crippen LogP contribution in [0.5, 0.6) is 11.5 Å². The van der Waals surface area contributed by atoms with Gasteiger partial charge in [-0.1, -0.05) is 0 Å². The first-order chi connectivity index (χ1) is 15.9. The second-order valence-electron chi connectivity index (χ2n) is 7.46. The maximum atomic E-state index is 14.7. The van der Waals surface area contributed by atoms with Crippen molar-refractivity contribution in [2.45, 2.75) is 12.6 Å². The molecule has 0 unspecified atom stereocenters. The number of hydrogen-bond acceptors (Lipinski definition) is 6. The first-order valence-corrected chi connectivity index (χ1v) is 11.3. The SMILES string of the molecule is N#Cc1c(NS(=O)(=O)N2CC[C@H](F)C2)ccc(F)c1Oc1ccc2ncc3cncn3c2c1. The molecule has 3 heterocycles. The van der Waals surface area contributed by atoms with Crippen molar-refractivity contribution in [3.63, 3.8) is 0 Å². The lowest BCUT2D eigenvalue weighted by Crippen LogP contribution is -2.34. The van der Waals surface area contributed by atoms with Crippen LogP contribution >= 0.6 is 0 Å². The molecular formula is C21H16F2N6O3S. The summed E-state index contributed by atoms with van der Waals surface area (Å²) in [5, 5.41) is 9.66. The molecule has 0 aliphatic carbocycles. The van der Waals surface area contributed by atoms with Gasteiger partial charge in [0, 0.05) is 19.2 Å². The fourth-order valence-electron chi connectivity index (χ4n) is 3.69. The summed E-state index contributed by atoms with van der Waals surface area (Å²) in [6.45, 7) is -0.271. The molecule has 2 aromatic heterocycles. The highest BCUT2D eigenvalue weighted by molar-refractivity contribution is 7.90. The minimum Gasteiger partial charge on any atom is -0.453 e. The van der Waals surface area contributed by atoms with Gasteiger partial charge in [0.25, 0.3) is 0 Å². The van der Waals surface area contributed by atoms with Gasteiger partial charge in [-0.15, -0.1) is 0 Å². The van der Waals surface area contributed by atoms with Crippen LogP contribution < -0.4 is 9.46 Å². The first kappa shape index (κ1) is 21.0. The minimum atomic E-state index is -4.13. The summed E-state index contributed by atoms with van der Waals surface area (Å²) < 4.78 is 64.0. The Kier molecular flexibility index (Phi) is 5.07. The molecule has 1 saturated heterocycles. The molecule has 1 aliphatic rings. The first-order valence-electron chi connectivity index (χ1n) is 9.89. The van der Waals surface area contributed by atoms with Crippen LogP contribution in [0, 0.1) is 17.1 Å². The number of anilines is 1. The van der Waals surface area contributed by atoms with Gasteiger partial charge in [0.05, 0.1) is 41.0 Å². The van der Waals surface area contributed by atoms with E-state index >= 15 is 0 Å². The van der Waals surface area contributed by atoms with E-state index in [2.05, 4.69) is 14.7 Å². The van der Waals surface area contributed by atoms with Crippen LogP contribution in [0.2, 0.25) is 0 Å². The van der Waals surface area contributed by atoms with Crippen LogP contribution in [0.1, 0.15) is 12.0 Å². The lowest BCUT2D eigenvalue weighted by atomic mass is 10.1. The van der Waals surface area contributed by atoms with Gasteiger partial charge in [-0.05, 0) is 30.7 Å². The molecule has 0 spiro atoms. The van der Waals surface area contributed by atoms with E-state index in [1.165, 1.54) is 0 Å². The third kappa shape index (κ3) is 3.81. The highest BCUT2D eigenvalue weighted by Crippen LogP contribution is 2.35. The molecule has 0 bridgehead atoms. The van der Waals surface area contributed by atoms with E-state index in [9.17, 15) is 22.5 Å². The molecule has 168 valence electrons. The summed E-state index contributed by atoms with van der Waals surface area (Å²) in [5.74, 6) is -1.08. The topological polar surface area (TPSA) is 113 Å². The van der Waals surface area contributed by atoms with Crippen molar-refractivity contribution in [1.82, 2.24) is 18.7 Å². The Balaban J connectivity index is 1.52. The Morgan fingerprint density at radius 2 is 2.09 bits per heavy atom. The Labute approximate surface area is 187 Å². The van der Waals surface area contributed by atoms with Crippen LogP contribution in [0.3, 0.4) is 0 Å². The molecule has 33 heavy (non-hydrogen) atoms. The van der Waals surface area contributed by atoms with Crippen molar-refractivity contribution in [2.24, 2.45) is 0 Å². The maximum Gasteiger partial charge on any atom is 0.301 e. The fraction of sp³-hybridized carbons (Fsp3) is 0.190. The standard InChI is InChI=1S/C21H16F2N6O3S/c22-13-5-6-28(11-13)33(30,31)27-18-4-2-17(23)21(16(18)8-24)32-15-1-3-19-20(7-15)29-12-25-9-14(29)10-26-19/h1-4,7,9-10,12-13,27H,5-6,11H2/t13-/m0/s1. The molecular weight excluding hydrogens is 454 g/mol. The van der Waals surface area contributed by atoms with Crippen LogP contribution in [0.25, 0.3) is 16.6 Å².